The largest absolute Gasteiger partial charge is 0.348 e. The third-order valence-electron chi connectivity index (χ3n) is 4.81. The second-order valence-electron chi connectivity index (χ2n) is 6.94. The molecule has 0 radical (unpaired) electrons. The molecule has 1 aliphatic rings. The highest BCUT2D eigenvalue weighted by atomic mass is 32.2. The minimum Gasteiger partial charge on any atom is -0.348 e. The van der Waals surface area contributed by atoms with Gasteiger partial charge in [-0.25, -0.2) is 8.42 Å². The molecule has 0 spiro atoms. The number of hydrogen-bond donors (Lipinski definition) is 2. The molecule has 0 unspecified atom stereocenters. The summed E-state index contributed by atoms with van der Waals surface area (Å²) in [6.45, 7) is 6.55. The van der Waals surface area contributed by atoms with E-state index in [1.54, 1.807) is 24.2 Å². The Morgan fingerprint density at radius 2 is 1.85 bits per heavy atom. The number of nitrogens with one attached hydrogen (secondary N) is 2. The van der Waals surface area contributed by atoms with Gasteiger partial charge in [-0.3, -0.25) is 9.59 Å². The highest BCUT2D eigenvalue weighted by molar-refractivity contribution is 7.89. The fraction of sp³-hybridized carbons (Fsp3) is 0.579. The van der Waals surface area contributed by atoms with E-state index in [0.717, 1.165) is 30.4 Å². The van der Waals surface area contributed by atoms with Crippen molar-refractivity contribution in [1.82, 2.24) is 14.9 Å². The van der Waals surface area contributed by atoms with E-state index >= 15 is 0 Å². The summed E-state index contributed by atoms with van der Waals surface area (Å²) in [4.78, 5) is 23.5. The summed E-state index contributed by atoms with van der Waals surface area (Å²) >= 11 is 0. The van der Waals surface area contributed by atoms with Crippen molar-refractivity contribution in [2.45, 2.75) is 57.4 Å². The number of nitrogens with zero attached hydrogens (tertiary/aromatic N) is 1. The van der Waals surface area contributed by atoms with Crippen LogP contribution in [0.4, 0.5) is 0 Å². The number of hydrogen-bond acceptors (Lipinski definition) is 4. The quantitative estimate of drug-likeness (QED) is 0.714. The third-order valence-corrected chi connectivity index (χ3v) is 6.90. The van der Waals surface area contributed by atoms with Gasteiger partial charge in [-0.2, -0.15) is 4.31 Å². The molecule has 1 saturated heterocycles. The topological polar surface area (TPSA) is 95.6 Å². The highest BCUT2D eigenvalue weighted by Crippen LogP contribution is 2.29. The number of benzene rings is 1. The lowest BCUT2D eigenvalue weighted by molar-refractivity contribution is -0.139. The molecule has 1 aromatic rings. The van der Waals surface area contributed by atoms with Crippen LogP contribution in [-0.2, 0) is 19.6 Å². The van der Waals surface area contributed by atoms with E-state index in [2.05, 4.69) is 10.6 Å². The first kappa shape index (κ1) is 21.4. The summed E-state index contributed by atoms with van der Waals surface area (Å²) in [5.41, 5.74) is 1.64. The van der Waals surface area contributed by atoms with Crippen molar-refractivity contribution in [3.8, 4) is 0 Å². The summed E-state index contributed by atoms with van der Waals surface area (Å²) in [7, 11) is -3.60. The monoisotopic (exact) mass is 395 g/mol. The summed E-state index contributed by atoms with van der Waals surface area (Å²) < 4.78 is 28.0. The molecule has 1 atom stereocenters. The molecule has 0 aliphatic carbocycles. The molecule has 7 nitrogen and oxygen atoms in total. The van der Waals surface area contributed by atoms with Crippen LogP contribution in [0.15, 0.2) is 23.1 Å². The first-order chi connectivity index (χ1) is 12.8. The van der Waals surface area contributed by atoms with Crippen molar-refractivity contribution in [2.24, 2.45) is 0 Å². The lowest BCUT2D eigenvalue weighted by atomic mass is 10.0. The Balaban J connectivity index is 2.09. The van der Waals surface area contributed by atoms with Crippen molar-refractivity contribution >= 4 is 21.8 Å². The van der Waals surface area contributed by atoms with Crippen LogP contribution in [0.25, 0.3) is 0 Å². The first-order valence-corrected chi connectivity index (χ1v) is 10.9. The summed E-state index contributed by atoms with van der Waals surface area (Å²) in [6.07, 6.45) is 3.01. The van der Waals surface area contributed by atoms with E-state index < -0.39 is 21.8 Å². The van der Waals surface area contributed by atoms with Gasteiger partial charge < -0.3 is 10.6 Å². The number of amides is 2. The zero-order valence-electron chi connectivity index (χ0n) is 16.2. The van der Waals surface area contributed by atoms with Crippen LogP contribution in [0, 0.1) is 13.8 Å². The smallest absolute Gasteiger partial charge is 0.309 e. The van der Waals surface area contributed by atoms with E-state index in [0.29, 0.717) is 24.4 Å². The number of piperidine rings is 1. The molecule has 2 N–H and O–H groups in total. The SMILES string of the molecule is CCNC(=O)C(=O)NCC[C@H]1CCCCN1S(=O)(=O)c1cc(C)ccc1C. The Hall–Kier alpha value is -1.93. The van der Waals surface area contributed by atoms with Crippen molar-refractivity contribution in [1.29, 1.82) is 0 Å². The van der Waals surface area contributed by atoms with Gasteiger partial charge in [0, 0.05) is 25.7 Å². The van der Waals surface area contributed by atoms with Gasteiger partial charge in [-0.05, 0) is 57.2 Å². The molecular formula is C19H29N3O4S. The lowest BCUT2D eigenvalue weighted by Crippen LogP contribution is -2.46. The molecule has 1 aliphatic heterocycles. The zero-order valence-corrected chi connectivity index (χ0v) is 17.1. The van der Waals surface area contributed by atoms with Crippen LogP contribution in [0.1, 0.15) is 43.7 Å². The Morgan fingerprint density at radius 1 is 1.15 bits per heavy atom. The minimum atomic E-state index is -3.60. The summed E-state index contributed by atoms with van der Waals surface area (Å²) in [6, 6.07) is 5.26. The predicted molar refractivity (Wildman–Crippen MR) is 104 cm³/mol. The Morgan fingerprint density at radius 3 is 2.56 bits per heavy atom. The number of sulfonamides is 1. The van der Waals surface area contributed by atoms with Crippen molar-refractivity contribution in [3.05, 3.63) is 29.3 Å². The van der Waals surface area contributed by atoms with Gasteiger partial charge in [0.15, 0.2) is 0 Å². The number of carbonyl (C=O) groups is 2. The van der Waals surface area contributed by atoms with Gasteiger partial charge in [-0.15, -0.1) is 0 Å². The van der Waals surface area contributed by atoms with Gasteiger partial charge in [0.1, 0.15) is 0 Å². The average Bonchev–Trinajstić information content (AvgIpc) is 2.64. The molecule has 0 aromatic heterocycles. The van der Waals surface area contributed by atoms with E-state index in [9.17, 15) is 18.0 Å². The third kappa shape index (κ3) is 5.29. The maximum absolute atomic E-state index is 13.2. The van der Waals surface area contributed by atoms with Gasteiger partial charge in [0.05, 0.1) is 4.90 Å². The maximum atomic E-state index is 13.2. The second-order valence-corrected chi connectivity index (χ2v) is 8.80. The molecule has 1 heterocycles. The van der Waals surface area contributed by atoms with Gasteiger partial charge in [0.2, 0.25) is 10.0 Å². The van der Waals surface area contributed by atoms with Crippen LogP contribution < -0.4 is 10.6 Å². The highest BCUT2D eigenvalue weighted by Gasteiger charge is 2.34. The lowest BCUT2D eigenvalue weighted by Gasteiger charge is -2.35. The fourth-order valence-corrected chi connectivity index (χ4v) is 5.40. The summed E-state index contributed by atoms with van der Waals surface area (Å²) in [5, 5.41) is 5.02. The predicted octanol–water partition coefficient (Wildman–Crippen LogP) is 1.49. The molecule has 2 amide bonds. The van der Waals surface area contributed by atoms with Crippen LogP contribution in [0.2, 0.25) is 0 Å². The Kier molecular flexibility index (Phi) is 7.38. The van der Waals surface area contributed by atoms with Crippen LogP contribution in [-0.4, -0.2) is 50.2 Å². The van der Waals surface area contributed by atoms with Gasteiger partial charge >= 0.3 is 11.8 Å². The van der Waals surface area contributed by atoms with E-state index in [1.807, 2.05) is 19.1 Å². The molecule has 1 aromatic carbocycles. The molecule has 1 fully saturated rings. The van der Waals surface area contributed by atoms with Crippen LogP contribution in [0.5, 0.6) is 0 Å². The van der Waals surface area contributed by atoms with Crippen molar-refractivity contribution < 1.29 is 18.0 Å². The molecule has 27 heavy (non-hydrogen) atoms. The molecule has 0 bridgehead atoms. The van der Waals surface area contributed by atoms with E-state index in [4.69, 9.17) is 0 Å². The minimum absolute atomic E-state index is 0.182. The Bertz CT molecular complexity index is 792. The molecule has 2 rings (SSSR count). The maximum Gasteiger partial charge on any atom is 0.309 e. The standard InChI is InChI=1S/C19H29N3O4S/c1-4-20-18(23)19(24)21-11-10-16-7-5-6-12-22(16)27(25,26)17-13-14(2)8-9-15(17)3/h8-9,13,16H,4-7,10-12H2,1-3H3,(H,20,23)(H,21,24)/t16-/m1/s1. The average molecular weight is 396 g/mol. The van der Waals surface area contributed by atoms with E-state index in [1.165, 1.54) is 0 Å². The van der Waals surface area contributed by atoms with Crippen molar-refractivity contribution in [3.63, 3.8) is 0 Å². The molecule has 8 heteroatoms. The molecule has 150 valence electrons. The van der Waals surface area contributed by atoms with Crippen molar-refractivity contribution in [2.75, 3.05) is 19.6 Å². The number of carbonyl (C=O) groups excluding carboxylic acids is 2. The van der Waals surface area contributed by atoms with Crippen LogP contribution in [0.3, 0.4) is 0 Å². The number of rotatable bonds is 6. The summed E-state index contributed by atoms with van der Waals surface area (Å²) in [5.74, 6) is -1.35. The number of likely N-dealkylation sites (N-methyl/N-ethyl adjacent to an activating group) is 1. The Labute approximate surface area is 161 Å². The van der Waals surface area contributed by atoms with Crippen LogP contribution >= 0.6 is 0 Å². The van der Waals surface area contributed by atoms with E-state index in [-0.39, 0.29) is 12.6 Å². The van der Waals surface area contributed by atoms with Gasteiger partial charge in [0.25, 0.3) is 0 Å². The zero-order chi connectivity index (χ0) is 20.0. The molecular weight excluding hydrogens is 366 g/mol. The normalized spacial score (nSPS) is 18.1. The second kappa shape index (κ2) is 9.32. The fourth-order valence-electron chi connectivity index (χ4n) is 3.36. The first-order valence-electron chi connectivity index (χ1n) is 9.42. The van der Waals surface area contributed by atoms with Gasteiger partial charge in [-0.1, -0.05) is 18.6 Å². The number of aryl methyl sites for hydroxylation is 2. The molecule has 0 saturated carbocycles.